The second-order valence-corrected chi connectivity index (χ2v) is 6.49. The van der Waals surface area contributed by atoms with Crippen LogP contribution < -0.4 is 4.90 Å². The van der Waals surface area contributed by atoms with Gasteiger partial charge < -0.3 is 18.8 Å². The Hall–Kier alpha value is -2.61. The number of hydrogen-bond donors (Lipinski definition) is 0. The van der Waals surface area contributed by atoms with E-state index in [1.807, 2.05) is 35.2 Å². The quantitative estimate of drug-likeness (QED) is 0.674. The number of hydrogen-bond acceptors (Lipinski definition) is 5. The van der Waals surface area contributed by atoms with Crippen LogP contribution in [0, 0.1) is 0 Å². The molecular weight excluding hydrogens is 386 g/mol. The van der Waals surface area contributed by atoms with Gasteiger partial charge in [0.15, 0.2) is 10.4 Å². The summed E-state index contributed by atoms with van der Waals surface area (Å²) in [6, 6.07) is 9.29. The standard InChI is InChI=1S/C17H16BrN5O2/c18-14-4-3-13(25-14)17(24)23-9-7-22(8-10-23)16-11-15(19-12-20-16)21-5-1-2-6-21/h1-6,11-12H,7-10H2. The zero-order chi connectivity index (χ0) is 17.2. The van der Waals surface area contributed by atoms with Crippen molar-refractivity contribution in [3.8, 4) is 5.82 Å². The van der Waals surface area contributed by atoms with E-state index in [1.165, 1.54) is 0 Å². The zero-order valence-electron chi connectivity index (χ0n) is 13.4. The highest BCUT2D eigenvalue weighted by Gasteiger charge is 2.25. The van der Waals surface area contributed by atoms with Gasteiger partial charge in [0.25, 0.3) is 5.91 Å². The molecule has 0 saturated carbocycles. The van der Waals surface area contributed by atoms with E-state index in [4.69, 9.17) is 4.42 Å². The lowest BCUT2D eigenvalue weighted by Gasteiger charge is -2.35. The molecule has 0 atom stereocenters. The van der Waals surface area contributed by atoms with Crippen LogP contribution in [0.2, 0.25) is 0 Å². The van der Waals surface area contributed by atoms with Crippen molar-refractivity contribution in [3.63, 3.8) is 0 Å². The zero-order valence-corrected chi connectivity index (χ0v) is 15.0. The van der Waals surface area contributed by atoms with Gasteiger partial charge in [-0.1, -0.05) is 0 Å². The second kappa shape index (κ2) is 6.72. The Balaban J connectivity index is 1.44. The lowest BCUT2D eigenvalue weighted by atomic mass is 10.3. The van der Waals surface area contributed by atoms with Crippen LogP contribution in [0.1, 0.15) is 10.6 Å². The van der Waals surface area contributed by atoms with Gasteiger partial charge in [0.05, 0.1) is 0 Å². The average Bonchev–Trinajstić information content (AvgIpc) is 3.33. The molecule has 8 heteroatoms. The van der Waals surface area contributed by atoms with Gasteiger partial charge in [-0.15, -0.1) is 0 Å². The molecule has 0 unspecified atom stereocenters. The fraction of sp³-hybridized carbons (Fsp3) is 0.235. The fourth-order valence-corrected chi connectivity index (χ4v) is 3.17. The fourth-order valence-electron chi connectivity index (χ4n) is 2.86. The second-order valence-electron chi connectivity index (χ2n) is 5.71. The van der Waals surface area contributed by atoms with Gasteiger partial charge in [0.2, 0.25) is 0 Å². The normalized spacial score (nSPS) is 14.8. The van der Waals surface area contributed by atoms with Crippen molar-refractivity contribution in [2.75, 3.05) is 31.1 Å². The summed E-state index contributed by atoms with van der Waals surface area (Å²) in [4.78, 5) is 25.1. The molecule has 25 heavy (non-hydrogen) atoms. The molecule has 0 bridgehead atoms. The molecule has 1 aliphatic rings. The van der Waals surface area contributed by atoms with Crippen molar-refractivity contribution in [3.05, 3.63) is 59.5 Å². The number of rotatable bonds is 3. The summed E-state index contributed by atoms with van der Waals surface area (Å²) in [5.41, 5.74) is 0. The first-order valence-corrected chi connectivity index (χ1v) is 8.75. The molecule has 1 saturated heterocycles. The Labute approximate surface area is 153 Å². The van der Waals surface area contributed by atoms with Gasteiger partial charge >= 0.3 is 0 Å². The first-order valence-electron chi connectivity index (χ1n) is 7.96. The predicted molar refractivity (Wildman–Crippen MR) is 95.9 cm³/mol. The van der Waals surface area contributed by atoms with Crippen LogP contribution in [-0.2, 0) is 0 Å². The highest BCUT2D eigenvalue weighted by molar-refractivity contribution is 9.10. The molecule has 0 aliphatic carbocycles. The minimum Gasteiger partial charge on any atom is -0.444 e. The molecule has 7 nitrogen and oxygen atoms in total. The molecule has 0 aromatic carbocycles. The maximum atomic E-state index is 12.4. The van der Waals surface area contributed by atoms with Crippen molar-refractivity contribution in [2.45, 2.75) is 0 Å². The van der Waals surface area contributed by atoms with Crippen LogP contribution in [0.5, 0.6) is 0 Å². The third-order valence-electron chi connectivity index (χ3n) is 4.18. The van der Waals surface area contributed by atoms with Crippen LogP contribution >= 0.6 is 15.9 Å². The van der Waals surface area contributed by atoms with E-state index in [9.17, 15) is 4.79 Å². The number of nitrogens with zero attached hydrogens (tertiary/aromatic N) is 5. The van der Waals surface area contributed by atoms with Crippen LogP contribution in [0.25, 0.3) is 5.82 Å². The van der Waals surface area contributed by atoms with E-state index < -0.39 is 0 Å². The number of aromatic nitrogens is 3. The Morgan fingerprint density at radius 3 is 2.44 bits per heavy atom. The summed E-state index contributed by atoms with van der Waals surface area (Å²) in [6.07, 6.45) is 5.47. The van der Waals surface area contributed by atoms with Gasteiger partial charge in [-0.2, -0.15) is 0 Å². The molecule has 128 valence electrons. The van der Waals surface area contributed by atoms with E-state index in [0.29, 0.717) is 23.5 Å². The number of carbonyl (C=O) groups excluding carboxylic acids is 1. The summed E-state index contributed by atoms with van der Waals surface area (Å²) in [5.74, 6) is 1.97. The molecule has 4 heterocycles. The van der Waals surface area contributed by atoms with Crippen LogP contribution in [0.4, 0.5) is 5.82 Å². The maximum absolute atomic E-state index is 12.4. The molecule has 1 amide bonds. The van der Waals surface area contributed by atoms with E-state index in [2.05, 4.69) is 30.8 Å². The monoisotopic (exact) mass is 401 g/mol. The molecule has 1 aliphatic heterocycles. The predicted octanol–water partition coefficient (Wildman–Crippen LogP) is 2.59. The van der Waals surface area contributed by atoms with Crippen molar-refractivity contribution < 1.29 is 9.21 Å². The van der Waals surface area contributed by atoms with Crippen molar-refractivity contribution >= 4 is 27.7 Å². The first-order chi connectivity index (χ1) is 12.2. The van der Waals surface area contributed by atoms with E-state index in [0.717, 1.165) is 24.7 Å². The lowest BCUT2D eigenvalue weighted by Crippen LogP contribution is -2.49. The Morgan fingerprint density at radius 1 is 1.04 bits per heavy atom. The van der Waals surface area contributed by atoms with E-state index in [-0.39, 0.29) is 5.91 Å². The Morgan fingerprint density at radius 2 is 1.76 bits per heavy atom. The summed E-state index contributed by atoms with van der Waals surface area (Å²) in [5, 5.41) is 0. The number of carbonyl (C=O) groups is 1. The molecule has 3 aromatic rings. The molecule has 0 N–H and O–H groups in total. The lowest BCUT2D eigenvalue weighted by molar-refractivity contribution is 0.0713. The summed E-state index contributed by atoms with van der Waals surface area (Å²) >= 11 is 3.23. The maximum Gasteiger partial charge on any atom is 0.289 e. The number of piperazine rings is 1. The van der Waals surface area contributed by atoms with Gasteiger partial charge in [-0.25, -0.2) is 9.97 Å². The SMILES string of the molecule is O=C(c1ccc(Br)o1)N1CCN(c2cc(-n3cccc3)ncn2)CC1. The molecule has 4 rings (SSSR count). The van der Waals surface area contributed by atoms with E-state index >= 15 is 0 Å². The Bertz CT molecular complexity index is 869. The summed E-state index contributed by atoms with van der Waals surface area (Å²) in [6.45, 7) is 2.69. The smallest absolute Gasteiger partial charge is 0.289 e. The number of anilines is 1. The minimum absolute atomic E-state index is 0.0823. The molecule has 0 radical (unpaired) electrons. The Kier molecular flexibility index (Phi) is 4.27. The third kappa shape index (κ3) is 3.30. The largest absolute Gasteiger partial charge is 0.444 e. The molecular formula is C17H16BrN5O2. The van der Waals surface area contributed by atoms with Crippen LogP contribution in [-0.4, -0.2) is 51.5 Å². The topological polar surface area (TPSA) is 67.4 Å². The summed E-state index contributed by atoms with van der Waals surface area (Å²) < 4.78 is 7.86. The molecule has 3 aromatic heterocycles. The number of amides is 1. The highest BCUT2D eigenvalue weighted by atomic mass is 79.9. The van der Waals surface area contributed by atoms with E-state index in [1.54, 1.807) is 23.4 Å². The van der Waals surface area contributed by atoms with Crippen molar-refractivity contribution in [1.29, 1.82) is 0 Å². The third-order valence-corrected chi connectivity index (χ3v) is 4.61. The number of halogens is 1. The number of furan rings is 1. The van der Waals surface area contributed by atoms with Crippen LogP contribution in [0.15, 0.2) is 58.1 Å². The van der Waals surface area contributed by atoms with Gasteiger partial charge in [-0.05, 0) is 40.2 Å². The van der Waals surface area contributed by atoms with Gasteiger partial charge in [-0.3, -0.25) is 4.79 Å². The van der Waals surface area contributed by atoms with Gasteiger partial charge in [0, 0.05) is 44.6 Å². The highest BCUT2D eigenvalue weighted by Crippen LogP contribution is 2.19. The van der Waals surface area contributed by atoms with Gasteiger partial charge in [0.1, 0.15) is 18.0 Å². The van der Waals surface area contributed by atoms with Crippen molar-refractivity contribution in [2.24, 2.45) is 0 Å². The first kappa shape index (κ1) is 15.9. The van der Waals surface area contributed by atoms with Crippen molar-refractivity contribution in [1.82, 2.24) is 19.4 Å². The molecule has 0 spiro atoms. The minimum atomic E-state index is -0.0823. The molecule has 1 fully saturated rings. The average molecular weight is 402 g/mol. The van der Waals surface area contributed by atoms with Crippen LogP contribution in [0.3, 0.4) is 0 Å². The summed E-state index contributed by atoms with van der Waals surface area (Å²) in [7, 11) is 0.